The lowest BCUT2D eigenvalue weighted by Gasteiger charge is -2.12. The Hall–Kier alpha value is -2.37. The van der Waals surface area contributed by atoms with Crippen LogP contribution in [0.1, 0.15) is 12.6 Å². The highest BCUT2D eigenvalue weighted by molar-refractivity contribution is 5.78. The number of hydrogen-bond acceptors (Lipinski definition) is 4. The zero-order valence-electron chi connectivity index (χ0n) is 11.6. The van der Waals surface area contributed by atoms with E-state index in [2.05, 4.69) is 15.2 Å². The van der Waals surface area contributed by atoms with Crippen molar-refractivity contribution in [2.24, 2.45) is 0 Å². The molecule has 0 spiro atoms. The van der Waals surface area contributed by atoms with Crippen molar-refractivity contribution in [2.75, 3.05) is 12.4 Å². The maximum Gasteiger partial charge on any atom is 0.327 e. The molecule has 0 amide bonds. The van der Waals surface area contributed by atoms with Crippen molar-refractivity contribution < 1.29 is 13.9 Å². The predicted molar refractivity (Wildman–Crippen MR) is 73.4 cm³/mol. The van der Waals surface area contributed by atoms with Gasteiger partial charge in [0.1, 0.15) is 17.5 Å². The third-order valence-corrected chi connectivity index (χ3v) is 3.02. The molecule has 0 radical (unpaired) electrons. The molecule has 0 aliphatic carbocycles. The summed E-state index contributed by atoms with van der Waals surface area (Å²) >= 11 is 0. The van der Waals surface area contributed by atoms with E-state index in [0.29, 0.717) is 17.1 Å². The second kappa shape index (κ2) is 5.73. The minimum absolute atomic E-state index is 0.355. The van der Waals surface area contributed by atoms with Gasteiger partial charge in [0.05, 0.1) is 24.7 Å². The molecule has 1 aromatic carbocycles. The van der Waals surface area contributed by atoms with Gasteiger partial charge < -0.3 is 10.1 Å². The summed E-state index contributed by atoms with van der Waals surface area (Å²) < 4.78 is 19.9. The summed E-state index contributed by atoms with van der Waals surface area (Å²) in [5.74, 6) is -0.727. The first kappa shape index (κ1) is 14.0. The van der Waals surface area contributed by atoms with Gasteiger partial charge in [0.2, 0.25) is 0 Å². The maximum absolute atomic E-state index is 13.8. The monoisotopic (exact) mass is 277 g/mol. The average molecular weight is 277 g/mol. The van der Waals surface area contributed by atoms with Crippen LogP contribution < -0.4 is 5.32 Å². The summed E-state index contributed by atoms with van der Waals surface area (Å²) in [6.07, 6.45) is 1.56. The molecule has 0 fully saturated rings. The number of nitrogens with zero attached hydrogens (tertiary/aromatic N) is 2. The molecule has 2 aromatic rings. The van der Waals surface area contributed by atoms with Gasteiger partial charge in [-0.2, -0.15) is 5.10 Å². The van der Waals surface area contributed by atoms with Gasteiger partial charge in [-0.05, 0) is 26.0 Å². The maximum atomic E-state index is 13.8. The molecule has 0 unspecified atom stereocenters. The number of ether oxygens (including phenoxy) is 1. The number of halogens is 1. The van der Waals surface area contributed by atoms with Crippen molar-refractivity contribution in [2.45, 2.75) is 19.9 Å². The van der Waals surface area contributed by atoms with E-state index in [1.807, 2.05) is 0 Å². The summed E-state index contributed by atoms with van der Waals surface area (Å²) in [6, 6.07) is 5.88. The molecule has 1 atom stereocenters. The van der Waals surface area contributed by atoms with Crippen molar-refractivity contribution in [1.82, 2.24) is 9.78 Å². The molecule has 0 saturated heterocycles. The zero-order chi connectivity index (χ0) is 14.7. The Morgan fingerprint density at radius 1 is 1.45 bits per heavy atom. The van der Waals surface area contributed by atoms with E-state index in [-0.39, 0.29) is 11.8 Å². The third kappa shape index (κ3) is 2.64. The van der Waals surface area contributed by atoms with E-state index in [1.54, 1.807) is 38.2 Å². The van der Waals surface area contributed by atoms with Crippen LogP contribution in [0.5, 0.6) is 0 Å². The van der Waals surface area contributed by atoms with Gasteiger partial charge in [0, 0.05) is 0 Å². The van der Waals surface area contributed by atoms with Crippen LogP contribution >= 0.6 is 0 Å². The molecular weight excluding hydrogens is 261 g/mol. The molecule has 106 valence electrons. The SMILES string of the molecule is COC(=O)[C@H](C)Nc1cnn(-c2ccccc2F)c1C. The van der Waals surface area contributed by atoms with Gasteiger partial charge >= 0.3 is 5.97 Å². The molecule has 2 rings (SSSR count). The fourth-order valence-electron chi connectivity index (χ4n) is 1.89. The molecule has 6 heteroatoms. The molecule has 0 bridgehead atoms. The van der Waals surface area contributed by atoms with E-state index in [4.69, 9.17) is 0 Å². The molecule has 1 heterocycles. The van der Waals surface area contributed by atoms with Crippen molar-refractivity contribution in [3.63, 3.8) is 0 Å². The number of methoxy groups -OCH3 is 1. The molecule has 0 saturated carbocycles. The lowest BCUT2D eigenvalue weighted by Crippen LogP contribution is -2.27. The van der Waals surface area contributed by atoms with Crippen molar-refractivity contribution in [1.29, 1.82) is 0 Å². The van der Waals surface area contributed by atoms with Gasteiger partial charge in [0.25, 0.3) is 0 Å². The van der Waals surface area contributed by atoms with Crippen LogP contribution in [0.25, 0.3) is 5.69 Å². The Kier molecular flexibility index (Phi) is 4.02. The molecule has 20 heavy (non-hydrogen) atoms. The summed E-state index contributed by atoms with van der Waals surface area (Å²) in [5, 5.41) is 7.14. The average Bonchev–Trinajstić information content (AvgIpc) is 2.80. The Bertz CT molecular complexity index is 625. The van der Waals surface area contributed by atoms with E-state index in [1.165, 1.54) is 17.9 Å². The Balaban J connectivity index is 2.28. The van der Waals surface area contributed by atoms with Crippen LogP contribution in [-0.2, 0) is 9.53 Å². The number of carbonyl (C=O) groups is 1. The van der Waals surface area contributed by atoms with Crippen molar-refractivity contribution in [3.8, 4) is 5.69 Å². The van der Waals surface area contributed by atoms with Crippen LogP contribution in [0.15, 0.2) is 30.5 Å². The first-order chi connectivity index (χ1) is 9.54. The minimum atomic E-state index is -0.503. The quantitative estimate of drug-likeness (QED) is 0.871. The zero-order valence-corrected chi connectivity index (χ0v) is 11.6. The number of esters is 1. The van der Waals surface area contributed by atoms with E-state index >= 15 is 0 Å². The van der Waals surface area contributed by atoms with Crippen LogP contribution in [0.2, 0.25) is 0 Å². The second-order valence-corrected chi connectivity index (χ2v) is 4.40. The lowest BCUT2D eigenvalue weighted by atomic mass is 10.3. The number of carbonyl (C=O) groups excluding carboxylic acids is 1. The predicted octanol–water partition coefficient (Wildman–Crippen LogP) is 2.29. The number of rotatable bonds is 4. The van der Waals surface area contributed by atoms with E-state index in [0.717, 1.165) is 0 Å². The van der Waals surface area contributed by atoms with Crippen molar-refractivity contribution >= 4 is 11.7 Å². The summed E-state index contributed by atoms with van der Waals surface area (Å²) in [7, 11) is 1.33. The number of hydrogen-bond donors (Lipinski definition) is 1. The molecule has 0 aliphatic heterocycles. The highest BCUT2D eigenvalue weighted by Crippen LogP contribution is 2.20. The third-order valence-electron chi connectivity index (χ3n) is 3.02. The number of para-hydroxylation sites is 1. The van der Waals surface area contributed by atoms with Crippen LogP contribution in [0, 0.1) is 12.7 Å². The number of benzene rings is 1. The summed E-state index contributed by atoms with van der Waals surface area (Å²) in [4.78, 5) is 11.4. The molecule has 0 aliphatic rings. The summed E-state index contributed by atoms with van der Waals surface area (Å²) in [5.41, 5.74) is 1.74. The van der Waals surface area contributed by atoms with Crippen LogP contribution in [0.4, 0.5) is 10.1 Å². The van der Waals surface area contributed by atoms with E-state index in [9.17, 15) is 9.18 Å². The fraction of sp³-hybridized carbons (Fsp3) is 0.286. The second-order valence-electron chi connectivity index (χ2n) is 4.40. The minimum Gasteiger partial charge on any atom is -0.467 e. The standard InChI is InChI=1S/C14H16FN3O2/c1-9(14(19)20-3)17-12-8-16-18(10(12)2)13-7-5-4-6-11(13)15/h4-9,17H,1-3H3/t9-/m0/s1. The van der Waals surface area contributed by atoms with Crippen LogP contribution in [-0.4, -0.2) is 28.9 Å². The van der Waals surface area contributed by atoms with Gasteiger partial charge in [-0.15, -0.1) is 0 Å². The topological polar surface area (TPSA) is 56.1 Å². The Labute approximate surface area is 116 Å². The lowest BCUT2D eigenvalue weighted by molar-refractivity contribution is -0.141. The smallest absolute Gasteiger partial charge is 0.327 e. The number of nitrogens with one attached hydrogen (secondary N) is 1. The largest absolute Gasteiger partial charge is 0.467 e. The van der Waals surface area contributed by atoms with Gasteiger partial charge in [-0.25, -0.2) is 13.9 Å². The van der Waals surface area contributed by atoms with Crippen LogP contribution in [0.3, 0.4) is 0 Å². The Morgan fingerprint density at radius 2 is 2.15 bits per heavy atom. The molecule has 1 N–H and O–H groups in total. The highest BCUT2D eigenvalue weighted by atomic mass is 19.1. The fourth-order valence-corrected chi connectivity index (χ4v) is 1.89. The number of aromatic nitrogens is 2. The molecule has 1 aromatic heterocycles. The van der Waals surface area contributed by atoms with Gasteiger partial charge in [-0.1, -0.05) is 12.1 Å². The first-order valence-corrected chi connectivity index (χ1v) is 6.18. The number of anilines is 1. The van der Waals surface area contributed by atoms with Crippen molar-refractivity contribution in [3.05, 3.63) is 42.0 Å². The highest BCUT2D eigenvalue weighted by Gasteiger charge is 2.17. The van der Waals surface area contributed by atoms with E-state index < -0.39 is 6.04 Å². The normalized spacial score (nSPS) is 12.0. The first-order valence-electron chi connectivity index (χ1n) is 6.18. The summed E-state index contributed by atoms with van der Waals surface area (Å²) in [6.45, 7) is 3.48. The molecular formula is C14H16FN3O2. The van der Waals surface area contributed by atoms with Gasteiger partial charge in [-0.3, -0.25) is 0 Å². The van der Waals surface area contributed by atoms with Gasteiger partial charge in [0.15, 0.2) is 0 Å². The Morgan fingerprint density at radius 3 is 2.80 bits per heavy atom. The molecule has 5 nitrogen and oxygen atoms in total.